The van der Waals surface area contributed by atoms with Crippen molar-refractivity contribution in [2.45, 2.75) is 12.8 Å². The van der Waals surface area contributed by atoms with E-state index in [4.69, 9.17) is 0 Å². The van der Waals surface area contributed by atoms with Gasteiger partial charge in [-0.3, -0.25) is 0 Å². The van der Waals surface area contributed by atoms with Crippen LogP contribution in [0.2, 0.25) is 0 Å². The SMILES string of the molecule is C1=CCC=C1.C1=CCC=C1.[Cl-].[Zr]. The minimum Gasteiger partial charge on any atom is -1.00 e. The first-order valence-corrected chi connectivity index (χ1v) is 3.63. The summed E-state index contributed by atoms with van der Waals surface area (Å²) in [7, 11) is 0. The Bertz CT molecular complexity index is 148. The van der Waals surface area contributed by atoms with E-state index >= 15 is 0 Å². The molecule has 0 aromatic carbocycles. The van der Waals surface area contributed by atoms with Gasteiger partial charge in [0.15, 0.2) is 0 Å². The molecule has 0 aliphatic heterocycles. The summed E-state index contributed by atoms with van der Waals surface area (Å²) in [6.07, 6.45) is 19.0. The topological polar surface area (TPSA) is 0 Å². The Morgan fingerprint density at radius 1 is 0.583 bits per heavy atom. The van der Waals surface area contributed by atoms with Crippen molar-refractivity contribution in [3.63, 3.8) is 0 Å². The molecule has 0 aromatic heterocycles. The molecule has 0 nitrogen and oxygen atoms in total. The standard InChI is InChI=1S/2C5H6.ClH.Zr/c2*1-2-4-5-3-1;;/h2*1-4H,5H2;1H;/p-1. The van der Waals surface area contributed by atoms with Crippen LogP contribution < -0.4 is 12.4 Å². The first kappa shape index (κ1) is 14.6. The minimum absolute atomic E-state index is 0. The molecule has 0 spiro atoms. The predicted molar refractivity (Wildman–Crippen MR) is 45.8 cm³/mol. The van der Waals surface area contributed by atoms with Crippen molar-refractivity contribution in [2.75, 3.05) is 0 Å². The summed E-state index contributed by atoms with van der Waals surface area (Å²) in [4.78, 5) is 0. The van der Waals surface area contributed by atoms with Crippen LogP contribution in [0.5, 0.6) is 0 Å². The number of allylic oxidation sites excluding steroid dienone is 8. The van der Waals surface area contributed by atoms with Crippen molar-refractivity contribution < 1.29 is 38.6 Å². The molecule has 0 radical (unpaired) electrons. The summed E-state index contributed by atoms with van der Waals surface area (Å²) in [5.41, 5.74) is 0. The normalized spacial score (nSPS) is 14.7. The van der Waals surface area contributed by atoms with Crippen molar-refractivity contribution in [3.8, 4) is 0 Å². The van der Waals surface area contributed by atoms with Crippen molar-refractivity contribution in [2.24, 2.45) is 0 Å². The predicted octanol–water partition coefficient (Wildman–Crippen LogP) is 0.00650. The molecule has 2 aliphatic carbocycles. The van der Waals surface area contributed by atoms with E-state index in [0.29, 0.717) is 0 Å². The third-order valence-electron chi connectivity index (χ3n) is 1.31. The van der Waals surface area contributed by atoms with Crippen LogP contribution >= 0.6 is 0 Å². The van der Waals surface area contributed by atoms with Gasteiger partial charge in [-0.2, -0.15) is 0 Å². The number of rotatable bonds is 0. The molecule has 0 amide bonds. The summed E-state index contributed by atoms with van der Waals surface area (Å²) in [6.45, 7) is 0. The van der Waals surface area contributed by atoms with Gasteiger partial charge < -0.3 is 12.4 Å². The van der Waals surface area contributed by atoms with Crippen LogP contribution in [-0.4, -0.2) is 0 Å². The molecule has 0 heterocycles. The zero-order valence-electron chi connectivity index (χ0n) is 6.91. The van der Waals surface area contributed by atoms with Gasteiger partial charge in [0.05, 0.1) is 0 Å². The molecule has 0 fully saturated rings. The van der Waals surface area contributed by atoms with Gasteiger partial charge in [0.2, 0.25) is 0 Å². The Morgan fingerprint density at radius 2 is 0.833 bits per heavy atom. The van der Waals surface area contributed by atoms with Crippen LogP contribution in [0.3, 0.4) is 0 Å². The molecule has 0 saturated heterocycles. The van der Waals surface area contributed by atoms with E-state index in [1.54, 1.807) is 0 Å². The van der Waals surface area contributed by atoms with Crippen molar-refractivity contribution >= 4 is 0 Å². The van der Waals surface area contributed by atoms with Crippen molar-refractivity contribution in [1.29, 1.82) is 0 Å². The van der Waals surface area contributed by atoms with Crippen LogP contribution in [0.1, 0.15) is 12.8 Å². The van der Waals surface area contributed by atoms with E-state index in [1.165, 1.54) is 0 Å². The second-order valence-electron chi connectivity index (χ2n) is 2.18. The Morgan fingerprint density at radius 3 is 0.917 bits per heavy atom. The molecule has 2 aliphatic rings. The maximum absolute atomic E-state index is 2.12. The zero-order chi connectivity index (χ0) is 7.07. The molecular weight excluding hydrogens is 247 g/mol. The van der Waals surface area contributed by atoms with Crippen LogP contribution in [0.15, 0.2) is 48.6 Å². The first-order chi connectivity index (χ1) is 5.00. The van der Waals surface area contributed by atoms with Crippen LogP contribution in [0.25, 0.3) is 0 Å². The molecule has 12 heavy (non-hydrogen) atoms. The Hall–Kier alpha value is 0.133. The Kier molecular flexibility index (Phi) is 13.6. The van der Waals surface area contributed by atoms with E-state index in [0.717, 1.165) is 12.8 Å². The minimum atomic E-state index is 0. The van der Waals surface area contributed by atoms with Gasteiger partial charge in [0.25, 0.3) is 0 Å². The van der Waals surface area contributed by atoms with Gasteiger partial charge in [0.1, 0.15) is 0 Å². The molecule has 0 saturated carbocycles. The fourth-order valence-corrected chi connectivity index (χ4v) is 0.786. The van der Waals surface area contributed by atoms with Gasteiger partial charge in [-0.15, -0.1) is 0 Å². The maximum Gasteiger partial charge on any atom is 0 e. The van der Waals surface area contributed by atoms with Gasteiger partial charge in [-0.25, -0.2) is 0 Å². The second-order valence-corrected chi connectivity index (χ2v) is 2.18. The Balaban J connectivity index is 0. The van der Waals surface area contributed by atoms with Gasteiger partial charge in [0, 0.05) is 26.2 Å². The molecule has 0 atom stereocenters. The maximum atomic E-state index is 2.12. The van der Waals surface area contributed by atoms with Gasteiger partial charge in [-0.05, 0) is 12.8 Å². The molecule has 2 rings (SSSR count). The third-order valence-corrected chi connectivity index (χ3v) is 1.31. The van der Waals surface area contributed by atoms with Gasteiger partial charge in [-0.1, -0.05) is 48.6 Å². The van der Waals surface area contributed by atoms with Crippen LogP contribution in [-0.2, 0) is 26.2 Å². The van der Waals surface area contributed by atoms with Crippen LogP contribution in [0.4, 0.5) is 0 Å². The third kappa shape index (κ3) is 8.23. The second kappa shape index (κ2) is 11.1. The number of halogens is 1. The monoisotopic (exact) mass is 257 g/mol. The summed E-state index contributed by atoms with van der Waals surface area (Å²) in [5, 5.41) is 0. The molecule has 0 unspecified atom stereocenters. The van der Waals surface area contributed by atoms with E-state index in [1.807, 2.05) is 0 Å². The average Bonchev–Trinajstić information content (AvgIpc) is 2.67. The fraction of sp³-hybridized carbons (Fsp3) is 0.200. The quantitative estimate of drug-likeness (QED) is 0.574. The van der Waals surface area contributed by atoms with Crippen LogP contribution in [0, 0.1) is 0 Å². The largest absolute Gasteiger partial charge is 1.00 e. The summed E-state index contributed by atoms with van der Waals surface area (Å²) < 4.78 is 0. The van der Waals surface area contributed by atoms with E-state index in [-0.39, 0.29) is 38.6 Å². The summed E-state index contributed by atoms with van der Waals surface area (Å²) >= 11 is 0. The molecule has 64 valence electrons. The van der Waals surface area contributed by atoms with E-state index < -0.39 is 0 Å². The van der Waals surface area contributed by atoms with Gasteiger partial charge >= 0.3 is 0 Å². The van der Waals surface area contributed by atoms with E-state index in [2.05, 4.69) is 48.6 Å². The average molecular weight is 259 g/mol. The van der Waals surface area contributed by atoms with E-state index in [9.17, 15) is 0 Å². The van der Waals surface area contributed by atoms with Crippen molar-refractivity contribution in [3.05, 3.63) is 48.6 Å². The molecule has 0 aromatic rings. The molecule has 0 bridgehead atoms. The van der Waals surface area contributed by atoms with Crippen molar-refractivity contribution in [1.82, 2.24) is 0 Å². The summed E-state index contributed by atoms with van der Waals surface area (Å²) in [6, 6.07) is 0. The number of hydrogen-bond donors (Lipinski definition) is 0. The first-order valence-electron chi connectivity index (χ1n) is 3.63. The molecule has 2 heteroatoms. The Labute approximate surface area is 99.7 Å². The fourth-order valence-electron chi connectivity index (χ4n) is 0.786. The zero-order valence-corrected chi connectivity index (χ0v) is 10.1. The smallest absolute Gasteiger partial charge is 0 e. The molecule has 0 N–H and O–H groups in total. The summed E-state index contributed by atoms with van der Waals surface area (Å²) in [5.74, 6) is 0. The molecular formula is C10H12ClZr-. The number of hydrogen-bond acceptors (Lipinski definition) is 0.